The quantitative estimate of drug-likeness (QED) is 0.0215. The molecule has 426 valence electrons. The van der Waals surface area contributed by atoms with E-state index in [9.17, 15) is 40.5 Å². The fourth-order valence-corrected chi connectivity index (χ4v) is 9.99. The number of aliphatic hydroxyl groups excluding tert-OH is 7. The molecule has 9 unspecified atom stereocenters. The van der Waals surface area contributed by atoms with Gasteiger partial charge in [0.15, 0.2) is 6.29 Å². The smallest absolute Gasteiger partial charge is 0.249 e. The number of hydrogen-bond acceptors (Lipinski definition) is 10. The van der Waals surface area contributed by atoms with Crippen molar-refractivity contribution < 1.29 is 50.0 Å². The third-order valence-electron chi connectivity index (χ3n) is 15.0. The molecule has 9 atom stereocenters. The molecule has 0 aromatic carbocycles. The van der Waals surface area contributed by atoms with E-state index in [4.69, 9.17) is 9.47 Å². The average Bonchev–Trinajstić information content (AvgIpc) is 3.38. The molecule has 1 aliphatic rings. The van der Waals surface area contributed by atoms with Gasteiger partial charge in [0.05, 0.1) is 25.4 Å². The Balaban J connectivity index is 2.29. The molecule has 11 heteroatoms. The zero-order valence-electron chi connectivity index (χ0n) is 46.7. The van der Waals surface area contributed by atoms with Crippen LogP contribution in [0.5, 0.6) is 0 Å². The predicted molar refractivity (Wildman–Crippen MR) is 298 cm³/mol. The van der Waals surface area contributed by atoms with Crippen LogP contribution in [0.3, 0.4) is 0 Å². The van der Waals surface area contributed by atoms with E-state index < -0.39 is 74.2 Å². The van der Waals surface area contributed by atoms with Gasteiger partial charge in [-0.15, -0.1) is 0 Å². The number of amides is 1. The van der Waals surface area contributed by atoms with Crippen molar-refractivity contribution in [1.29, 1.82) is 0 Å². The van der Waals surface area contributed by atoms with Gasteiger partial charge in [-0.05, 0) is 51.4 Å². The molecule has 1 amide bonds. The summed E-state index contributed by atoms with van der Waals surface area (Å²) in [5, 5.41) is 76.2. The number of rotatable bonds is 53. The molecule has 1 rings (SSSR count). The van der Waals surface area contributed by atoms with Gasteiger partial charge in [-0.2, -0.15) is 0 Å². The van der Waals surface area contributed by atoms with E-state index >= 15 is 0 Å². The molecule has 0 aromatic heterocycles. The summed E-state index contributed by atoms with van der Waals surface area (Å²) >= 11 is 0. The number of allylic oxidation sites excluding steroid dienone is 4. The summed E-state index contributed by atoms with van der Waals surface area (Å²) in [5.74, 6) is -0.705. The topological polar surface area (TPSA) is 189 Å². The molecule has 0 aromatic rings. The highest BCUT2D eigenvalue weighted by molar-refractivity contribution is 5.80. The molecule has 0 saturated carbocycles. The lowest BCUT2D eigenvalue weighted by molar-refractivity contribution is -0.303. The molecule has 1 heterocycles. The van der Waals surface area contributed by atoms with Gasteiger partial charge >= 0.3 is 0 Å². The van der Waals surface area contributed by atoms with Crippen molar-refractivity contribution in [2.45, 2.75) is 345 Å². The van der Waals surface area contributed by atoms with Gasteiger partial charge in [0.25, 0.3) is 0 Å². The van der Waals surface area contributed by atoms with Crippen molar-refractivity contribution in [3.63, 3.8) is 0 Å². The average molecular weight is 1020 g/mol. The summed E-state index contributed by atoms with van der Waals surface area (Å²) < 4.78 is 11.1. The minimum Gasteiger partial charge on any atom is -0.394 e. The molecular weight excluding hydrogens is 907 g/mol. The molecule has 0 bridgehead atoms. The van der Waals surface area contributed by atoms with Gasteiger partial charge in [-0.1, -0.05) is 263 Å². The van der Waals surface area contributed by atoms with Crippen LogP contribution in [0.1, 0.15) is 290 Å². The van der Waals surface area contributed by atoms with Crippen LogP contribution in [0.25, 0.3) is 0 Å². The molecule has 1 aliphatic heterocycles. The van der Waals surface area contributed by atoms with Crippen LogP contribution in [0, 0.1) is 0 Å². The number of hydrogen-bond donors (Lipinski definition) is 8. The van der Waals surface area contributed by atoms with Crippen molar-refractivity contribution in [2.24, 2.45) is 0 Å². The van der Waals surface area contributed by atoms with E-state index in [1.54, 1.807) is 0 Å². The van der Waals surface area contributed by atoms with Crippen LogP contribution in [-0.2, 0) is 14.3 Å². The lowest BCUT2D eigenvalue weighted by Gasteiger charge is -2.40. The lowest BCUT2D eigenvalue weighted by atomic mass is 9.98. The Morgan fingerprint density at radius 3 is 1.24 bits per heavy atom. The number of nitrogens with one attached hydrogen (secondary N) is 1. The molecule has 0 aliphatic carbocycles. The Labute approximate surface area is 442 Å². The molecule has 8 N–H and O–H groups in total. The summed E-state index contributed by atoms with van der Waals surface area (Å²) in [6, 6.07) is -1.19. The number of carbonyl (C=O) groups is 1. The van der Waals surface area contributed by atoms with Crippen molar-refractivity contribution in [2.75, 3.05) is 13.2 Å². The zero-order chi connectivity index (χ0) is 52.5. The molecule has 72 heavy (non-hydrogen) atoms. The lowest BCUT2D eigenvalue weighted by Crippen LogP contribution is -2.60. The molecule has 1 saturated heterocycles. The number of aliphatic hydroxyl groups is 7. The van der Waals surface area contributed by atoms with Crippen LogP contribution < -0.4 is 5.32 Å². The molecule has 0 radical (unpaired) electrons. The Morgan fingerprint density at radius 1 is 0.472 bits per heavy atom. The third-order valence-corrected chi connectivity index (χ3v) is 15.0. The van der Waals surface area contributed by atoms with Gasteiger partial charge in [0.1, 0.15) is 36.6 Å². The van der Waals surface area contributed by atoms with Crippen LogP contribution in [0.15, 0.2) is 24.3 Å². The molecular formula is C61H117NO10. The maximum absolute atomic E-state index is 13.2. The first-order chi connectivity index (χ1) is 35.2. The molecule has 1 fully saturated rings. The van der Waals surface area contributed by atoms with Crippen LogP contribution in [-0.4, -0.2) is 110 Å². The van der Waals surface area contributed by atoms with E-state index in [0.29, 0.717) is 19.3 Å². The van der Waals surface area contributed by atoms with Gasteiger partial charge < -0.3 is 50.5 Å². The van der Waals surface area contributed by atoms with Gasteiger partial charge in [0, 0.05) is 0 Å². The first kappa shape index (κ1) is 68.6. The Kier molecular flexibility index (Phi) is 48.0. The number of unbranched alkanes of at least 4 members (excludes halogenated alkanes) is 37. The second-order valence-electron chi connectivity index (χ2n) is 21.8. The fraction of sp³-hybridized carbons (Fsp3) is 0.918. The maximum Gasteiger partial charge on any atom is 0.249 e. The summed E-state index contributed by atoms with van der Waals surface area (Å²) in [5.41, 5.74) is 0. The van der Waals surface area contributed by atoms with Crippen molar-refractivity contribution in [3.8, 4) is 0 Å². The normalized spacial score (nSPS) is 20.2. The Bertz CT molecular complexity index is 1220. The third kappa shape index (κ3) is 38.2. The second kappa shape index (κ2) is 50.4. The SMILES string of the molecule is CCCCCCCCCCCCC/C=C/CC/C=C/CCCC(O)C(O)C(COC1OC(CO)C(O)C(O)C1O)NC(=O)C(O)CCCCCCCCCCCCCCCCCCCCCCCCCCC. The highest BCUT2D eigenvalue weighted by Gasteiger charge is 2.44. The Morgan fingerprint density at radius 2 is 0.833 bits per heavy atom. The number of carbonyl (C=O) groups excluding carboxylic acids is 1. The van der Waals surface area contributed by atoms with E-state index in [2.05, 4.69) is 43.5 Å². The Hall–Kier alpha value is -1.41. The first-order valence-corrected chi connectivity index (χ1v) is 30.7. The van der Waals surface area contributed by atoms with E-state index in [0.717, 1.165) is 38.5 Å². The van der Waals surface area contributed by atoms with Crippen LogP contribution in [0.4, 0.5) is 0 Å². The summed E-state index contributed by atoms with van der Waals surface area (Å²) in [4.78, 5) is 13.2. The zero-order valence-corrected chi connectivity index (χ0v) is 46.7. The summed E-state index contributed by atoms with van der Waals surface area (Å²) in [6.45, 7) is 3.47. The number of ether oxygens (including phenoxy) is 2. The highest BCUT2D eigenvalue weighted by atomic mass is 16.7. The summed E-state index contributed by atoms with van der Waals surface area (Å²) in [7, 11) is 0. The second-order valence-corrected chi connectivity index (χ2v) is 21.8. The van der Waals surface area contributed by atoms with Crippen molar-refractivity contribution >= 4 is 5.91 Å². The summed E-state index contributed by atoms with van der Waals surface area (Å²) in [6.07, 6.45) is 49.6. The first-order valence-electron chi connectivity index (χ1n) is 30.7. The van der Waals surface area contributed by atoms with Crippen molar-refractivity contribution in [3.05, 3.63) is 24.3 Å². The highest BCUT2D eigenvalue weighted by Crippen LogP contribution is 2.23. The maximum atomic E-state index is 13.2. The van der Waals surface area contributed by atoms with Crippen molar-refractivity contribution in [1.82, 2.24) is 5.32 Å². The largest absolute Gasteiger partial charge is 0.394 e. The van der Waals surface area contributed by atoms with E-state index in [1.807, 2.05) is 0 Å². The van der Waals surface area contributed by atoms with Crippen LogP contribution >= 0.6 is 0 Å². The van der Waals surface area contributed by atoms with Crippen LogP contribution in [0.2, 0.25) is 0 Å². The molecule has 0 spiro atoms. The predicted octanol–water partition coefficient (Wildman–Crippen LogP) is 13.3. The fourth-order valence-electron chi connectivity index (χ4n) is 9.99. The van der Waals surface area contributed by atoms with Gasteiger partial charge in [-0.25, -0.2) is 0 Å². The van der Waals surface area contributed by atoms with E-state index in [-0.39, 0.29) is 12.8 Å². The minimum absolute atomic E-state index is 0.249. The molecule has 11 nitrogen and oxygen atoms in total. The van der Waals surface area contributed by atoms with E-state index in [1.165, 1.54) is 205 Å². The monoisotopic (exact) mass is 1020 g/mol. The minimum atomic E-state index is -1.67. The standard InChI is InChI=1S/C61H117NO10/c1-3-5-7-9-11-13-15-17-19-21-23-25-26-27-28-29-31-33-35-37-39-41-43-45-47-49-54(65)60(70)62-52(51-71-61-59(69)58(68)57(67)55(50-63)72-61)56(66)53(64)48-46-44-42-40-38-36-34-32-30-24-22-20-18-16-14-12-10-8-6-4-2/h32,34,40,42,52-59,61,63-69H,3-31,33,35-39,41,43-51H2,1-2H3,(H,62,70)/b34-32+,42-40+. The van der Waals surface area contributed by atoms with Gasteiger partial charge in [0.2, 0.25) is 5.91 Å². The van der Waals surface area contributed by atoms with Gasteiger partial charge in [-0.3, -0.25) is 4.79 Å².